The lowest BCUT2D eigenvalue weighted by molar-refractivity contribution is 0.824. The fraction of sp³-hybridized carbons (Fsp3) is 0.103. The van der Waals surface area contributed by atoms with E-state index >= 15 is 0 Å². The minimum absolute atomic E-state index is 0.978. The van der Waals surface area contributed by atoms with E-state index in [1.54, 1.807) is 0 Å². The highest BCUT2D eigenvalue weighted by molar-refractivity contribution is 6.22. The highest BCUT2D eigenvalue weighted by atomic mass is 15.0. The Morgan fingerprint density at radius 2 is 1.30 bits per heavy atom. The molecule has 1 aliphatic carbocycles. The Labute approximate surface area is 175 Å². The quantitative estimate of drug-likeness (QED) is 0.274. The van der Waals surface area contributed by atoms with Crippen molar-refractivity contribution in [3.05, 3.63) is 96.1 Å². The molecule has 0 radical (unpaired) electrons. The maximum Gasteiger partial charge on any atom is 0.0533 e. The van der Waals surface area contributed by atoms with Gasteiger partial charge in [-0.15, -0.1) is 0 Å². The summed E-state index contributed by atoms with van der Waals surface area (Å²) in [6.45, 7) is 3.25. The normalized spacial score (nSPS) is 12.8. The molecule has 0 aliphatic heterocycles. The molecular formula is C29H21N. The molecule has 1 heterocycles. The van der Waals surface area contributed by atoms with E-state index in [2.05, 4.69) is 96.4 Å². The molecular weight excluding hydrogens is 362 g/mol. The number of aromatic nitrogens is 1. The van der Waals surface area contributed by atoms with Gasteiger partial charge in [0.05, 0.1) is 5.52 Å². The molecule has 6 aromatic rings. The number of benzene rings is 5. The number of hydrogen-bond acceptors (Lipinski definition) is 0. The highest BCUT2D eigenvalue weighted by Crippen LogP contribution is 2.46. The second-order valence-electron chi connectivity index (χ2n) is 8.40. The fourth-order valence-electron chi connectivity index (χ4n) is 5.75. The molecule has 1 heteroatoms. The number of rotatable bonds is 1. The molecule has 0 atom stereocenters. The van der Waals surface area contributed by atoms with Gasteiger partial charge in [0.1, 0.15) is 0 Å². The summed E-state index contributed by atoms with van der Waals surface area (Å²) in [7, 11) is 0. The third-order valence-electron chi connectivity index (χ3n) is 7.02. The smallest absolute Gasteiger partial charge is 0.0533 e. The number of hydrogen-bond donors (Lipinski definition) is 0. The van der Waals surface area contributed by atoms with Crippen LogP contribution < -0.4 is 0 Å². The first-order valence-electron chi connectivity index (χ1n) is 10.8. The number of aryl methyl sites for hydroxylation is 1. The van der Waals surface area contributed by atoms with Crippen LogP contribution in [0.4, 0.5) is 0 Å². The summed E-state index contributed by atoms with van der Waals surface area (Å²) in [6.07, 6.45) is 1.01. The average molecular weight is 383 g/mol. The third-order valence-corrected chi connectivity index (χ3v) is 7.02. The molecule has 30 heavy (non-hydrogen) atoms. The first-order valence-corrected chi connectivity index (χ1v) is 10.8. The van der Waals surface area contributed by atoms with Crippen molar-refractivity contribution in [1.82, 2.24) is 4.57 Å². The van der Waals surface area contributed by atoms with Crippen LogP contribution in [0.15, 0.2) is 84.9 Å². The van der Waals surface area contributed by atoms with E-state index in [1.807, 2.05) is 0 Å². The summed E-state index contributed by atoms with van der Waals surface area (Å²) in [5, 5.41) is 8.18. The first kappa shape index (κ1) is 16.2. The Morgan fingerprint density at radius 3 is 2.13 bits per heavy atom. The SMILES string of the molecule is CCn1c2ccc3ccccc3c2c2ccc3c(c21)Cc1c-3ccc2ccccc12. The van der Waals surface area contributed by atoms with Crippen LogP contribution in [0.5, 0.6) is 0 Å². The number of nitrogens with zero attached hydrogens (tertiary/aromatic N) is 1. The van der Waals surface area contributed by atoms with Crippen LogP contribution in [0.1, 0.15) is 18.1 Å². The van der Waals surface area contributed by atoms with Crippen molar-refractivity contribution >= 4 is 43.4 Å². The van der Waals surface area contributed by atoms with Crippen molar-refractivity contribution in [1.29, 1.82) is 0 Å². The van der Waals surface area contributed by atoms with Crippen LogP contribution in [0.2, 0.25) is 0 Å². The summed E-state index contributed by atoms with van der Waals surface area (Å²) < 4.78 is 2.53. The van der Waals surface area contributed by atoms with E-state index in [4.69, 9.17) is 0 Å². The summed E-state index contributed by atoms with van der Waals surface area (Å²) in [4.78, 5) is 0. The van der Waals surface area contributed by atoms with Crippen molar-refractivity contribution in [3.63, 3.8) is 0 Å². The Balaban J connectivity index is 1.63. The zero-order chi connectivity index (χ0) is 19.8. The molecule has 0 bridgehead atoms. The topological polar surface area (TPSA) is 4.93 Å². The van der Waals surface area contributed by atoms with E-state index in [9.17, 15) is 0 Å². The van der Waals surface area contributed by atoms with Gasteiger partial charge in [-0.2, -0.15) is 0 Å². The van der Waals surface area contributed by atoms with Crippen LogP contribution in [0.3, 0.4) is 0 Å². The average Bonchev–Trinajstić information content (AvgIpc) is 3.34. The predicted molar refractivity (Wildman–Crippen MR) is 128 cm³/mol. The Kier molecular flexibility index (Phi) is 3.10. The van der Waals surface area contributed by atoms with Crippen molar-refractivity contribution in [2.75, 3.05) is 0 Å². The van der Waals surface area contributed by atoms with E-state index in [-0.39, 0.29) is 0 Å². The molecule has 0 fully saturated rings. The monoisotopic (exact) mass is 383 g/mol. The molecule has 0 amide bonds. The molecule has 1 nitrogen and oxygen atoms in total. The molecule has 5 aromatic carbocycles. The molecule has 0 unspecified atom stereocenters. The van der Waals surface area contributed by atoms with E-state index in [0.29, 0.717) is 0 Å². The van der Waals surface area contributed by atoms with Gasteiger partial charge in [0.15, 0.2) is 0 Å². The van der Waals surface area contributed by atoms with Crippen LogP contribution in [0.25, 0.3) is 54.5 Å². The summed E-state index contributed by atoms with van der Waals surface area (Å²) in [5.41, 5.74) is 8.55. The Morgan fingerprint density at radius 1 is 0.633 bits per heavy atom. The second kappa shape index (κ2) is 5.73. The molecule has 0 N–H and O–H groups in total. The van der Waals surface area contributed by atoms with E-state index < -0.39 is 0 Å². The van der Waals surface area contributed by atoms with Gasteiger partial charge in [-0.05, 0) is 56.8 Å². The zero-order valence-corrected chi connectivity index (χ0v) is 16.9. The van der Waals surface area contributed by atoms with Gasteiger partial charge in [-0.3, -0.25) is 0 Å². The summed E-state index contributed by atoms with van der Waals surface area (Å²) >= 11 is 0. The lowest BCUT2D eigenvalue weighted by Gasteiger charge is -2.08. The second-order valence-corrected chi connectivity index (χ2v) is 8.40. The van der Waals surface area contributed by atoms with Gasteiger partial charge in [-0.1, -0.05) is 78.9 Å². The van der Waals surface area contributed by atoms with Gasteiger partial charge in [0.25, 0.3) is 0 Å². The summed E-state index contributed by atoms with van der Waals surface area (Å²) in [5.74, 6) is 0. The van der Waals surface area contributed by atoms with Gasteiger partial charge in [0.2, 0.25) is 0 Å². The van der Waals surface area contributed by atoms with Crippen LogP contribution in [0, 0.1) is 0 Å². The zero-order valence-electron chi connectivity index (χ0n) is 16.9. The molecule has 7 rings (SSSR count). The summed E-state index contributed by atoms with van der Waals surface area (Å²) in [6, 6.07) is 31.5. The largest absolute Gasteiger partial charge is 0.340 e. The minimum Gasteiger partial charge on any atom is -0.340 e. The maximum atomic E-state index is 2.53. The fourth-order valence-corrected chi connectivity index (χ4v) is 5.75. The van der Waals surface area contributed by atoms with Crippen LogP contribution >= 0.6 is 0 Å². The molecule has 0 spiro atoms. The van der Waals surface area contributed by atoms with Crippen LogP contribution in [-0.4, -0.2) is 4.57 Å². The van der Waals surface area contributed by atoms with Gasteiger partial charge in [0, 0.05) is 29.3 Å². The van der Waals surface area contributed by atoms with E-state index in [1.165, 1.54) is 65.6 Å². The Bertz CT molecular complexity index is 1650. The van der Waals surface area contributed by atoms with Gasteiger partial charge < -0.3 is 4.57 Å². The van der Waals surface area contributed by atoms with Gasteiger partial charge in [-0.25, -0.2) is 0 Å². The highest BCUT2D eigenvalue weighted by Gasteiger charge is 2.25. The minimum atomic E-state index is 0.978. The molecule has 1 aromatic heterocycles. The molecule has 1 aliphatic rings. The lowest BCUT2D eigenvalue weighted by atomic mass is 9.99. The van der Waals surface area contributed by atoms with Crippen molar-refractivity contribution in [2.45, 2.75) is 19.9 Å². The molecule has 0 saturated heterocycles. The number of fused-ring (bicyclic) bond motifs is 11. The molecule has 0 saturated carbocycles. The maximum absolute atomic E-state index is 2.53. The predicted octanol–water partition coefficient (Wildman–Crippen LogP) is 7.69. The lowest BCUT2D eigenvalue weighted by Crippen LogP contribution is -1.96. The van der Waals surface area contributed by atoms with Crippen molar-refractivity contribution in [3.8, 4) is 11.1 Å². The molecule has 142 valence electrons. The first-order chi connectivity index (χ1) is 14.8. The Hall–Kier alpha value is -3.58. The van der Waals surface area contributed by atoms with Crippen molar-refractivity contribution < 1.29 is 0 Å². The van der Waals surface area contributed by atoms with E-state index in [0.717, 1.165) is 13.0 Å². The standard InChI is InChI=1S/C29H21N/c1-2-30-27-16-12-19-8-4-6-10-21(19)28(27)24-15-14-23-22-13-11-18-7-3-5-9-20(18)25(22)17-26(23)29(24)30/h3-16H,2,17H2,1H3. The van der Waals surface area contributed by atoms with Crippen LogP contribution in [-0.2, 0) is 13.0 Å². The van der Waals surface area contributed by atoms with Gasteiger partial charge >= 0.3 is 0 Å². The third kappa shape index (κ3) is 1.92. The van der Waals surface area contributed by atoms with Crippen molar-refractivity contribution in [2.24, 2.45) is 0 Å².